The van der Waals surface area contributed by atoms with Crippen LogP contribution in [0.3, 0.4) is 0 Å². The van der Waals surface area contributed by atoms with Gasteiger partial charge in [0.25, 0.3) is 0 Å². The average molecular weight is 241 g/mol. The van der Waals surface area contributed by atoms with E-state index in [-0.39, 0.29) is 18.6 Å². The highest BCUT2D eigenvalue weighted by Crippen LogP contribution is 2.28. The zero-order valence-corrected chi connectivity index (χ0v) is 10.4. The molecule has 3 N–H and O–H groups in total. The minimum Gasteiger partial charge on any atom is -0.395 e. The molecular weight excluding hydrogens is 222 g/mol. The Balaban J connectivity index is 2.29. The summed E-state index contributed by atoms with van der Waals surface area (Å²) >= 11 is 0. The molecule has 0 heterocycles. The third kappa shape index (κ3) is 3.19. The first-order valence-corrected chi connectivity index (χ1v) is 6.27. The molecule has 0 amide bonds. The molecule has 0 fully saturated rings. The molecule has 0 radical (unpaired) electrons. The number of nitrogens with two attached hydrogens (primary N) is 1. The van der Waals surface area contributed by atoms with Crippen molar-refractivity contribution in [3.63, 3.8) is 0 Å². The first-order chi connectivity index (χ1) is 8.81. The molecule has 1 atom stereocenters. The molecular formula is C16H19NO. The molecule has 0 saturated carbocycles. The Morgan fingerprint density at radius 1 is 0.833 bits per heavy atom. The summed E-state index contributed by atoms with van der Waals surface area (Å²) in [6, 6.07) is 20.4. The lowest BCUT2D eigenvalue weighted by Gasteiger charge is -2.21. The van der Waals surface area contributed by atoms with Crippen LogP contribution in [0.5, 0.6) is 0 Å². The maximum Gasteiger partial charge on any atom is 0.0582 e. The molecule has 2 aromatic rings. The fraction of sp³-hybridized carbons (Fsp3) is 0.250. The van der Waals surface area contributed by atoms with Crippen LogP contribution in [0.25, 0.3) is 0 Å². The van der Waals surface area contributed by atoms with Gasteiger partial charge in [0.05, 0.1) is 6.61 Å². The van der Waals surface area contributed by atoms with Gasteiger partial charge < -0.3 is 10.8 Å². The molecule has 2 rings (SSSR count). The zero-order valence-electron chi connectivity index (χ0n) is 10.4. The van der Waals surface area contributed by atoms with E-state index in [2.05, 4.69) is 24.3 Å². The summed E-state index contributed by atoms with van der Waals surface area (Å²) < 4.78 is 0. The Hall–Kier alpha value is -1.64. The zero-order chi connectivity index (χ0) is 12.8. The molecule has 0 aliphatic carbocycles. The Morgan fingerprint density at radius 2 is 1.28 bits per heavy atom. The summed E-state index contributed by atoms with van der Waals surface area (Å²) in [6.45, 7) is 0.0240. The second-order valence-electron chi connectivity index (χ2n) is 4.55. The maximum atomic E-state index is 9.15. The van der Waals surface area contributed by atoms with Crippen molar-refractivity contribution < 1.29 is 5.11 Å². The number of aliphatic hydroxyl groups excluding tert-OH is 1. The third-order valence-corrected chi connectivity index (χ3v) is 3.18. The topological polar surface area (TPSA) is 46.2 Å². The van der Waals surface area contributed by atoms with Crippen LogP contribution in [0.15, 0.2) is 60.7 Å². The number of hydrogen-bond acceptors (Lipinski definition) is 2. The van der Waals surface area contributed by atoms with E-state index in [4.69, 9.17) is 10.8 Å². The first kappa shape index (κ1) is 12.8. The van der Waals surface area contributed by atoms with Crippen LogP contribution in [0.4, 0.5) is 0 Å². The van der Waals surface area contributed by atoms with E-state index in [1.54, 1.807) is 0 Å². The summed E-state index contributed by atoms with van der Waals surface area (Å²) in [7, 11) is 0. The van der Waals surface area contributed by atoms with Gasteiger partial charge in [-0.3, -0.25) is 0 Å². The van der Waals surface area contributed by atoms with Gasteiger partial charge in [0, 0.05) is 12.0 Å². The molecule has 0 aliphatic heterocycles. The van der Waals surface area contributed by atoms with Crippen molar-refractivity contribution in [2.24, 2.45) is 5.73 Å². The third-order valence-electron chi connectivity index (χ3n) is 3.18. The second kappa shape index (κ2) is 6.34. The predicted octanol–water partition coefficient (Wildman–Crippen LogP) is 2.53. The van der Waals surface area contributed by atoms with E-state index in [1.165, 1.54) is 11.1 Å². The SMILES string of the molecule is N[C@H](CO)CC(c1ccccc1)c1ccccc1. The van der Waals surface area contributed by atoms with E-state index < -0.39 is 0 Å². The van der Waals surface area contributed by atoms with Gasteiger partial charge in [-0.05, 0) is 17.5 Å². The van der Waals surface area contributed by atoms with Gasteiger partial charge >= 0.3 is 0 Å². The number of rotatable bonds is 5. The van der Waals surface area contributed by atoms with Crippen molar-refractivity contribution >= 4 is 0 Å². The second-order valence-corrected chi connectivity index (χ2v) is 4.55. The molecule has 0 bridgehead atoms. The van der Waals surface area contributed by atoms with Crippen LogP contribution in [0.2, 0.25) is 0 Å². The minimum atomic E-state index is -0.185. The molecule has 0 aliphatic rings. The number of hydrogen-bond donors (Lipinski definition) is 2. The van der Waals surface area contributed by atoms with Crippen molar-refractivity contribution in [3.05, 3.63) is 71.8 Å². The van der Waals surface area contributed by atoms with Gasteiger partial charge in [-0.25, -0.2) is 0 Å². The molecule has 2 nitrogen and oxygen atoms in total. The Labute approximate surface area is 108 Å². The highest BCUT2D eigenvalue weighted by Gasteiger charge is 2.16. The first-order valence-electron chi connectivity index (χ1n) is 6.27. The van der Waals surface area contributed by atoms with Crippen LogP contribution in [-0.2, 0) is 0 Å². The Kier molecular flexibility index (Phi) is 4.51. The van der Waals surface area contributed by atoms with Crippen molar-refractivity contribution in [2.75, 3.05) is 6.61 Å². The highest BCUT2D eigenvalue weighted by atomic mass is 16.3. The van der Waals surface area contributed by atoms with Crippen molar-refractivity contribution in [2.45, 2.75) is 18.4 Å². The van der Waals surface area contributed by atoms with Gasteiger partial charge in [0.2, 0.25) is 0 Å². The van der Waals surface area contributed by atoms with Crippen LogP contribution in [0.1, 0.15) is 23.5 Å². The molecule has 0 saturated heterocycles. The maximum absolute atomic E-state index is 9.15. The molecule has 2 aromatic carbocycles. The highest BCUT2D eigenvalue weighted by molar-refractivity contribution is 5.32. The van der Waals surface area contributed by atoms with Gasteiger partial charge in [-0.2, -0.15) is 0 Å². The fourth-order valence-corrected chi connectivity index (χ4v) is 2.21. The van der Waals surface area contributed by atoms with Crippen LogP contribution in [-0.4, -0.2) is 17.8 Å². The quantitative estimate of drug-likeness (QED) is 0.845. The molecule has 0 spiro atoms. The fourth-order valence-electron chi connectivity index (χ4n) is 2.21. The normalized spacial score (nSPS) is 12.6. The molecule has 0 aromatic heterocycles. The number of benzene rings is 2. The van der Waals surface area contributed by atoms with Gasteiger partial charge in [0.1, 0.15) is 0 Å². The van der Waals surface area contributed by atoms with Gasteiger partial charge in [0.15, 0.2) is 0 Å². The van der Waals surface area contributed by atoms with Crippen LogP contribution in [0, 0.1) is 0 Å². The lowest BCUT2D eigenvalue weighted by molar-refractivity contribution is 0.257. The van der Waals surface area contributed by atoms with Crippen molar-refractivity contribution in [1.29, 1.82) is 0 Å². The van der Waals surface area contributed by atoms with E-state index in [0.29, 0.717) is 0 Å². The van der Waals surface area contributed by atoms with Gasteiger partial charge in [-0.1, -0.05) is 60.7 Å². The summed E-state index contributed by atoms with van der Waals surface area (Å²) in [6.07, 6.45) is 0.754. The van der Waals surface area contributed by atoms with Gasteiger partial charge in [-0.15, -0.1) is 0 Å². The standard InChI is InChI=1S/C16H19NO/c17-15(12-18)11-16(13-7-3-1-4-8-13)14-9-5-2-6-10-14/h1-10,15-16,18H,11-12,17H2/t15-/m0/s1. The number of aliphatic hydroxyl groups is 1. The Morgan fingerprint density at radius 3 is 1.67 bits per heavy atom. The molecule has 0 unspecified atom stereocenters. The van der Waals surface area contributed by atoms with Crippen molar-refractivity contribution in [3.8, 4) is 0 Å². The van der Waals surface area contributed by atoms with Crippen LogP contribution < -0.4 is 5.73 Å². The molecule has 2 heteroatoms. The van der Waals surface area contributed by atoms with E-state index in [1.807, 2.05) is 36.4 Å². The molecule has 18 heavy (non-hydrogen) atoms. The van der Waals surface area contributed by atoms with E-state index in [0.717, 1.165) is 6.42 Å². The lowest BCUT2D eigenvalue weighted by atomic mass is 9.86. The summed E-state index contributed by atoms with van der Waals surface area (Å²) in [5, 5.41) is 9.15. The summed E-state index contributed by atoms with van der Waals surface area (Å²) in [5.41, 5.74) is 8.38. The minimum absolute atomic E-state index is 0.0240. The van der Waals surface area contributed by atoms with E-state index >= 15 is 0 Å². The largest absolute Gasteiger partial charge is 0.395 e. The average Bonchev–Trinajstić information content (AvgIpc) is 2.46. The summed E-state index contributed by atoms with van der Waals surface area (Å²) in [4.78, 5) is 0. The smallest absolute Gasteiger partial charge is 0.0582 e. The Bertz CT molecular complexity index is 416. The monoisotopic (exact) mass is 241 g/mol. The lowest BCUT2D eigenvalue weighted by Crippen LogP contribution is -2.27. The molecule has 94 valence electrons. The van der Waals surface area contributed by atoms with Crippen molar-refractivity contribution in [1.82, 2.24) is 0 Å². The predicted molar refractivity (Wildman–Crippen MR) is 74.4 cm³/mol. The van der Waals surface area contributed by atoms with Crippen LogP contribution >= 0.6 is 0 Å². The summed E-state index contributed by atoms with van der Waals surface area (Å²) in [5.74, 6) is 0.245. The van der Waals surface area contributed by atoms with E-state index in [9.17, 15) is 0 Å².